The molecular weight excluding hydrogens is 232 g/mol. The highest BCUT2D eigenvalue weighted by Gasteiger charge is 2.14. The Morgan fingerprint density at radius 1 is 1.11 bits per heavy atom. The van der Waals surface area contributed by atoms with Crippen molar-refractivity contribution in [1.82, 2.24) is 0 Å². The summed E-state index contributed by atoms with van der Waals surface area (Å²) < 4.78 is 6.09. The maximum Gasteiger partial charge on any atom is 0.0973 e. The fraction of sp³-hybridized carbons (Fsp3) is 0.556. The molecule has 0 spiro atoms. The summed E-state index contributed by atoms with van der Waals surface area (Å²) in [5.74, 6) is 1.92. The topological polar surface area (TPSA) is 9.23 Å². The number of rotatable bonds is 5. The Morgan fingerprint density at radius 2 is 1.89 bits per heavy atom. The predicted molar refractivity (Wildman–Crippen MR) is 82.1 cm³/mol. The number of hydrogen-bond donors (Lipinski definition) is 0. The van der Waals surface area contributed by atoms with Gasteiger partial charge in [0.25, 0.3) is 0 Å². The highest BCUT2D eigenvalue weighted by atomic mass is 16.5. The van der Waals surface area contributed by atoms with E-state index in [0.717, 1.165) is 30.9 Å². The maximum absolute atomic E-state index is 6.09. The molecule has 2 rings (SSSR count). The number of ether oxygens (including phenoxy) is 1. The van der Waals surface area contributed by atoms with Crippen molar-refractivity contribution in [1.29, 1.82) is 0 Å². The molecule has 1 aromatic rings. The molecule has 0 fully saturated rings. The Bertz CT molecular complexity index is 457. The quantitative estimate of drug-likeness (QED) is 0.712. The van der Waals surface area contributed by atoms with Gasteiger partial charge in [0.1, 0.15) is 0 Å². The van der Waals surface area contributed by atoms with Crippen molar-refractivity contribution in [3.05, 3.63) is 40.6 Å². The minimum Gasteiger partial charge on any atom is -0.495 e. The van der Waals surface area contributed by atoms with Gasteiger partial charge in [-0.25, -0.2) is 0 Å². The lowest BCUT2D eigenvalue weighted by Gasteiger charge is -2.22. The molecule has 1 aliphatic rings. The lowest BCUT2D eigenvalue weighted by molar-refractivity contribution is 0.113. The highest BCUT2D eigenvalue weighted by Crippen LogP contribution is 2.26. The van der Waals surface area contributed by atoms with Gasteiger partial charge in [-0.05, 0) is 56.2 Å². The lowest BCUT2D eigenvalue weighted by Crippen LogP contribution is -2.11. The molecule has 1 heteroatoms. The smallest absolute Gasteiger partial charge is 0.0973 e. The van der Waals surface area contributed by atoms with Crippen molar-refractivity contribution in [2.24, 2.45) is 5.92 Å². The first kappa shape index (κ1) is 14.2. The van der Waals surface area contributed by atoms with Gasteiger partial charge < -0.3 is 4.74 Å². The van der Waals surface area contributed by atoms with E-state index in [0.29, 0.717) is 6.10 Å². The third-order valence-corrected chi connectivity index (χ3v) is 3.76. The van der Waals surface area contributed by atoms with Crippen LogP contribution in [0.3, 0.4) is 0 Å². The summed E-state index contributed by atoms with van der Waals surface area (Å²) in [6.45, 7) is 8.88. The monoisotopic (exact) mass is 258 g/mol. The SMILES string of the molecule is Cc1ccc2c(c1)CCC(OC(C)CCC(C)C)=C2. The number of aryl methyl sites for hydroxylation is 2. The van der Waals surface area contributed by atoms with E-state index in [9.17, 15) is 0 Å². The van der Waals surface area contributed by atoms with Gasteiger partial charge in [-0.15, -0.1) is 0 Å². The summed E-state index contributed by atoms with van der Waals surface area (Å²) in [4.78, 5) is 0. The second-order valence-corrected chi connectivity index (χ2v) is 6.21. The van der Waals surface area contributed by atoms with Crippen LogP contribution < -0.4 is 0 Å². The summed E-state index contributed by atoms with van der Waals surface area (Å²) in [6, 6.07) is 6.69. The fourth-order valence-electron chi connectivity index (χ4n) is 2.57. The zero-order valence-electron chi connectivity index (χ0n) is 12.7. The van der Waals surface area contributed by atoms with Gasteiger partial charge in [-0.2, -0.15) is 0 Å². The van der Waals surface area contributed by atoms with Crippen molar-refractivity contribution >= 4 is 6.08 Å². The maximum atomic E-state index is 6.09. The molecule has 0 N–H and O–H groups in total. The average molecular weight is 258 g/mol. The van der Waals surface area contributed by atoms with Gasteiger partial charge in [0.2, 0.25) is 0 Å². The summed E-state index contributed by atoms with van der Waals surface area (Å²) in [5, 5.41) is 0. The average Bonchev–Trinajstić information content (AvgIpc) is 2.36. The van der Waals surface area contributed by atoms with Crippen LogP contribution in [0.2, 0.25) is 0 Å². The Kier molecular flexibility index (Phi) is 4.68. The molecule has 19 heavy (non-hydrogen) atoms. The first-order valence-corrected chi connectivity index (χ1v) is 7.51. The minimum atomic E-state index is 0.334. The van der Waals surface area contributed by atoms with Crippen LogP contribution in [-0.2, 0) is 11.2 Å². The molecular formula is C18H26O. The third-order valence-electron chi connectivity index (χ3n) is 3.76. The normalized spacial score (nSPS) is 15.9. The second-order valence-electron chi connectivity index (χ2n) is 6.21. The first-order valence-electron chi connectivity index (χ1n) is 7.51. The van der Waals surface area contributed by atoms with Crippen molar-refractivity contribution in [2.45, 2.75) is 59.5 Å². The molecule has 104 valence electrons. The first-order chi connectivity index (χ1) is 9.04. The zero-order valence-corrected chi connectivity index (χ0v) is 12.7. The van der Waals surface area contributed by atoms with E-state index >= 15 is 0 Å². The van der Waals surface area contributed by atoms with Crippen LogP contribution in [0.5, 0.6) is 0 Å². The van der Waals surface area contributed by atoms with Crippen molar-refractivity contribution in [2.75, 3.05) is 0 Å². The molecule has 0 bridgehead atoms. The van der Waals surface area contributed by atoms with Crippen molar-refractivity contribution < 1.29 is 4.74 Å². The third kappa shape index (κ3) is 4.12. The van der Waals surface area contributed by atoms with Crippen LogP contribution in [0.4, 0.5) is 0 Å². The van der Waals surface area contributed by atoms with Gasteiger partial charge >= 0.3 is 0 Å². The van der Waals surface area contributed by atoms with Crippen LogP contribution in [-0.4, -0.2) is 6.10 Å². The molecule has 0 heterocycles. The van der Waals surface area contributed by atoms with Gasteiger partial charge in [-0.3, -0.25) is 0 Å². The van der Waals surface area contributed by atoms with Crippen LogP contribution in [0.15, 0.2) is 24.0 Å². The Balaban J connectivity index is 1.97. The molecule has 1 aromatic carbocycles. The van der Waals surface area contributed by atoms with E-state index in [2.05, 4.69) is 52.0 Å². The van der Waals surface area contributed by atoms with E-state index in [1.807, 2.05) is 0 Å². The molecule has 0 saturated carbocycles. The summed E-state index contributed by atoms with van der Waals surface area (Å²) >= 11 is 0. The van der Waals surface area contributed by atoms with Crippen molar-refractivity contribution in [3.63, 3.8) is 0 Å². The molecule has 0 saturated heterocycles. The van der Waals surface area contributed by atoms with Gasteiger partial charge in [0.05, 0.1) is 11.9 Å². The summed E-state index contributed by atoms with van der Waals surface area (Å²) in [6.07, 6.45) is 7.10. The number of allylic oxidation sites excluding steroid dienone is 1. The van der Waals surface area contributed by atoms with E-state index in [-0.39, 0.29) is 0 Å². The zero-order chi connectivity index (χ0) is 13.8. The number of benzene rings is 1. The standard InChI is InChI=1S/C18H26O/c1-13(2)5-7-15(4)19-18-10-9-16-11-14(3)6-8-17(16)12-18/h6,8,11-13,15H,5,7,9-10H2,1-4H3. The molecule has 1 unspecified atom stereocenters. The molecule has 1 nitrogen and oxygen atoms in total. The van der Waals surface area contributed by atoms with Crippen LogP contribution in [0.25, 0.3) is 6.08 Å². The Labute approximate surface area is 117 Å². The summed E-state index contributed by atoms with van der Waals surface area (Å²) in [7, 11) is 0. The molecule has 0 aromatic heterocycles. The predicted octanol–water partition coefficient (Wildman–Crippen LogP) is 5.12. The largest absolute Gasteiger partial charge is 0.495 e. The summed E-state index contributed by atoms with van der Waals surface area (Å²) in [5.41, 5.74) is 4.15. The molecule has 0 radical (unpaired) electrons. The van der Waals surface area contributed by atoms with E-state index in [4.69, 9.17) is 4.74 Å². The molecule has 1 atom stereocenters. The van der Waals surface area contributed by atoms with Gasteiger partial charge in [0.15, 0.2) is 0 Å². The highest BCUT2D eigenvalue weighted by molar-refractivity contribution is 5.58. The van der Waals surface area contributed by atoms with E-state index < -0.39 is 0 Å². The number of fused-ring (bicyclic) bond motifs is 1. The van der Waals surface area contributed by atoms with Gasteiger partial charge in [0, 0.05) is 6.42 Å². The minimum absolute atomic E-state index is 0.334. The van der Waals surface area contributed by atoms with Crippen LogP contribution in [0.1, 0.15) is 56.7 Å². The Hall–Kier alpha value is -1.24. The second kappa shape index (κ2) is 6.27. The van der Waals surface area contributed by atoms with E-state index in [1.165, 1.54) is 23.1 Å². The Morgan fingerprint density at radius 3 is 2.63 bits per heavy atom. The van der Waals surface area contributed by atoms with Crippen LogP contribution >= 0.6 is 0 Å². The van der Waals surface area contributed by atoms with E-state index in [1.54, 1.807) is 0 Å². The van der Waals surface area contributed by atoms with Crippen molar-refractivity contribution in [3.8, 4) is 0 Å². The van der Waals surface area contributed by atoms with Gasteiger partial charge in [-0.1, -0.05) is 37.6 Å². The molecule has 0 amide bonds. The van der Waals surface area contributed by atoms with Crippen LogP contribution in [0, 0.1) is 12.8 Å². The number of hydrogen-bond acceptors (Lipinski definition) is 1. The lowest BCUT2D eigenvalue weighted by atomic mass is 9.94. The molecule has 1 aliphatic carbocycles. The molecule has 0 aliphatic heterocycles. The fourth-order valence-corrected chi connectivity index (χ4v) is 2.57.